The first-order valence-electron chi connectivity index (χ1n) is 10.8. The Bertz CT molecular complexity index is 1140. The third-order valence-electron chi connectivity index (χ3n) is 5.94. The number of aromatic nitrogens is 2. The lowest BCUT2D eigenvalue weighted by atomic mass is 10.1. The number of nitrogens with one attached hydrogen (secondary N) is 2. The number of benzene rings is 1. The van der Waals surface area contributed by atoms with Crippen molar-refractivity contribution in [2.45, 2.75) is 31.1 Å². The second-order valence-corrected chi connectivity index (χ2v) is 8.45. The number of halogens is 3. The fourth-order valence-electron chi connectivity index (χ4n) is 4.09. The van der Waals surface area contributed by atoms with E-state index in [0.717, 1.165) is 23.4 Å². The molecule has 2 amide bonds. The largest absolute Gasteiger partial charge is 0.489 e. The van der Waals surface area contributed by atoms with Crippen molar-refractivity contribution in [2.24, 2.45) is 5.73 Å². The van der Waals surface area contributed by atoms with Crippen molar-refractivity contribution in [1.82, 2.24) is 14.9 Å². The molecule has 4 N–H and O–H groups in total. The highest BCUT2D eigenvalue weighted by molar-refractivity contribution is 5.97. The Balaban J connectivity index is 1.31. The number of primary amides is 1. The number of hydrogen-bond donors (Lipinski definition) is 3. The number of anilines is 4. The average Bonchev–Trinajstić information content (AvgIpc) is 3.61. The van der Waals surface area contributed by atoms with Crippen molar-refractivity contribution in [3.63, 3.8) is 0 Å². The number of nitrogens with zero attached hydrogens (tertiary/aromatic N) is 4. The summed E-state index contributed by atoms with van der Waals surface area (Å²) < 4.78 is 44.2. The van der Waals surface area contributed by atoms with Gasteiger partial charge in [0.2, 0.25) is 5.95 Å². The number of amides is 2. The molecule has 10 nitrogen and oxygen atoms in total. The zero-order chi connectivity index (χ0) is 24.0. The van der Waals surface area contributed by atoms with E-state index in [1.165, 1.54) is 6.20 Å². The molecule has 2 fully saturated rings. The maximum atomic E-state index is 12.8. The van der Waals surface area contributed by atoms with Crippen LogP contribution in [0.4, 0.5) is 36.3 Å². The van der Waals surface area contributed by atoms with Gasteiger partial charge in [-0.2, -0.15) is 18.2 Å². The number of fused-ring (bicyclic) bond motifs is 3. The Hall–Kier alpha value is -3.77. The van der Waals surface area contributed by atoms with Gasteiger partial charge in [-0.25, -0.2) is 4.98 Å². The fourth-order valence-corrected chi connectivity index (χ4v) is 4.09. The highest BCUT2D eigenvalue weighted by atomic mass is 19.4. The van der Waals surface area contributed by atoms with Gasteiger partial charge in [0.25, 0.3) is 5.91 Å². The van der Waals surface area contributed by atoms with Crippen LogP contribution in [0, 0.1) is 0 Å². The van der Waals surface area contributed by atoms with E-state index in [1.54, 1.807) is 18.2 Å². The molecule has 1 atom stereocenters. The standard InChI is InChI=1S/C21H22F3N7O3/c22-21(23,24)19(33)30-5-6-31-13(9-30)10-34-16-7-12(3-4-15(16)31)28-20-26-8-14(17(25)32)18(29-20)27-11-1-2-11/h3-4,7-8,11,13H,1-2,5-6,9-10H2,(H2,25,32)(H2,26,27,28,29)/t13-/m0/s1. The first-order chi connectivity index (χ1) is 16.2. The molecule has 1 saturated heterocycles. The average molecular weight is 477 g/mol. The van der Waals surface area contributed by atoms with Gasteiger partial charge in [0, 0.05) is 43.6 Å². The molecule has 3 heterocycles. The minimum atomic E-state index is -4.89. The van der Waals surface area contributed by atoms with E-state index in [0.29, 0.717) is 17.3 Å². The molecule has 0 unspecified atom stereocenters. The van der Waals surface area contributed by atoms with Crippen LogP contribution in [0.5, 0.6) is 5.75 Å². The Morgan fingerprint density at radius 3 is 2.71 bits per heavy atom. The van der Waals surface area contributed by atoms with Gasteiger partial charge >= 0.3 is 12.1 Å². The second kappa shape index (κ2) is 8.22. The van der Waals surface area contributed by atoms with E-state index in [4.69, 9.17) is 10.5 Å². The van der Waals surface area contributed by atoms with Gasteiger partial charge in [0.1, 0.15) is 18.2 Å². The molecule has 3 aliphatic rings. The van der Waals surface area contributed by atoms with E-state index < -0.39 is 18.0 Å². The molecule has 2 aromatic rings. The van der Waals surface area contributed by atoms with Crippen LogP contribution < -0.4 is 26.0 Å². The molecule has 1 aliphatic carbocycles. The maximum Gasteiger partial charge on any atom is 0.471 e. The Morgan fingerprint density at radius 1 is 1.21 bits per heavy atom. The van der Waals surface area contributed by atoms with Gasteiger partial charge < -0.3 is 30.9 Å². The molecule has 2 aliphatic heterocycles. The van der Waals surface area contributed by atoms with Crippen LogP contribution in [0.3, 0.4) is 0 Å². The highest BCUT2D eigenvalue weighted by Gasteiger charge is 2.45. The first kappa shape index (κ1) is 22.0. The number of nitrogens with two attached hydrogens (primary N) is 1. The zero-order valence-corrected chi connectivity index (χ0v) is 17.9. The van der Waals surface area contributed by atoms with E-state index >= 15 is 0 Å². The van der Waals surface area contributed by atoms with Crippen molar-refractivity contribution < 1.29 is 27.5 Å². The van der Waals surface area contributed by atoms with Crippen LogP contribution in [-0.4, -0.2) is 71.2 Å². The summed E-state index contributed by atoms with van der Waals surface area (Å²) >= 11 is 0. The summed E-state index contributed by atoms with van der Waals surface area (Å²) in [4.78, 5) is 34.6. The summed E-state index contributed by atoms with van der Waals surface area (Å²) in [5.41, 5.74) is 6.99. The highest BCUT2D eigenvalue weighted by Crippen LogP contribution is 2.38. The molecule has 34 heavy (non-hydrogen) atoms. The normalized spacial score (nSPS) is 19.6. The molecule has 5 rings (SSSR count). The molecule has 1 saturated carbocycles. The van der Waals surface area contributed by atoms with Crippen LogP contribution >= 0.6 is 0 Å². The summed E-state index contributed by atoms with van der Waals surface area (Å²) in [7, 11) is 0. The summed E-state index contributed by atoms with van der Waals surface area (Å²) in [5.74, 6) is -1.25. The molecular weight excluding hydrogens is 455 g/mol. The Labute approximate surface area is 192 Å². The van der Waals surface area contributed by atoms with Crippen molar-refractivity contribution in [3.8, 4) is 5.75 Å². The molecule has 1 aromatic heterocycles. The molecular formula is C21H22F3N7O3. The van der Waals surface area contributed by atoms with E-state index in [2.05, 4.69) is 20.6 Å². The van der Waals surface area contributed by atoms with Crippen LogP contribution in [0.15, 0.2) is 24.4 Å². The predicted molar refractivity (Wildman–Crippen MR) is 116 cm³/mol. The number of carbonyl (C=O) groups excluding carboxylic acids is 2. The molecule has 180 valence electrons. The second-order valence-electron chi connectivity index (χ2n) is 8.45. The predicted octanol–water partition coefficient (Wildman–Crippen LogP) is 1.87. The van der Waals surface area contributed by atoms with Gasteiger partial charge in [-0.3, -0.25) is 9.59 Å². The van der Waals surface area contributed by atoms with Crippen LogP contribution in [-0.2, 0) is 4.79 Å². The maximum absolute atomic E-state index is 12.8. The summed E-state index contributed by atoms with van der Waals surface area (Å²) in [6, 6.07) is 5.21. The van der Waals surface area contributed by atoms with Gasteiger partial charge in [-0.1, -0.05) is 0 Å². The topological polar surface area (TPSA) is 126 Å². The lowest BCUT2D eigenvalue weighted by Gasteiger charge is -2.45. The third kappa shape index (κ3) is 4.37. The third-order valence-corrected chi connectivity index (χ3v) is 5.94. The molecule has 0 spiro atoms. The van der Waals surface area contributed by atoms with Crippen molar-refractivity contribution >= 4 is 35.0 Å². The van der Waals surface area contributed by atoms with Gasteiger partial charge in [-0.15, -0.1) is 0 Å². The molecule has 1 aromatic carbocycles. The molecule has 13 heteroatoms. The lowest BCUT2D eigenvalue weighted by molar-refractivity contribution is -0.186. The minimum absolute atomic E-state index is 0.0227. The van der Waals surface area contributed by atoms with Gasteiger partial charge in [0.15, 0.2) is 0 Å². The minimum Gasteiger partial charge on any atom is -0.489 e. The number of hydrogen-bond acceptors (Lipinski definition) is 8. The number of alkyl halides is 3. The quantitative estimate of drug-likeness (QED) is 0.596. The number of ether oxygens (including phenoxy) is 1. The Kier molecular flexibility index (Phi) is 5.33. The first-order valence-corrected chi connectivity index (χ1v) is 10.8. The molecule has 0 radical (unpaired) electrons. The summed E-state index contributed by atoms with van der Waals surface area (Å²) in [5, 5.41) is 6.25. The van der Waals surface area contributed by atoms with Crippen LogP contribution in [0.2, 0.25) is 0 Å². The molecule has 0 bridgehead atoms. The summed E-state index contributed by atoms with van der Waals surface area (Å²) in [6.07, 6.45) is -1.54. The number of rotatable bonds is 5. The Morgan fingerprint density at radius 2 is 2.00 bits per heavy atom. The van der Waals surface area contributed by atoms with Crippen molar-refractivity contribution in [2.75, 3.05) is 41.8 Å². The van der Waals surface area contributed by atoms with Crippen LogP contribution in [0.25, 0.3) is 0 Å². The van der Waals surface area contributed by atoms with Gasteiger partial charge in [-0.05, 0) is 25.0 Å². The fraction of sp³-hybridized carbons (Fsp3) is 0.429. The summed E-state index contributed by atoms with van der Waals surface area (Å²) in [6.45, 7) is 0.334. The van der Waals surface area contributed by atoms with E-state index in [1.807, 2.05) is 4.90 Å². The van der Waals surface area contributed by atoms with E-state index in [-0.39, 0.29) is 49.8 Å². The monoisotopic (exact) mass is 477 g/mol. The van der Waals surface area contributed by atoms with Crippen molar-refractivity contribution in [1.29, 1.82) is 0 Å². The number of carbonyl (C=O) groups is 2. The van der Waals surface area contributed by atoms with Crippen LogP contribution in [0.1, 0.15) is 23.2 Å². The number of piperazine rings is 1. The van der Waals surface area contributed by atoms with E-state index in [9.17, 15) is 22.8 Å². The SMILES string of the molecule is NC(=O)c1cnc(Nc2ccc3c(c2)OC[C@@H]2CN(C(=O)C(F)(F)F)CCN32)nc1NC1CC1. The van der Waals surface area contributed by atoms with Gasteiger partial charge in [0.05, 0.1) is 17.3 Å². The smallest absolute Gasteiger partial charge is 0.471 e. The van der Waals surface area contributed by atoms with Crippen molar-refractivity contribution in [3.05, 3.63) is 30.0 Å². The zero-order valence-electron chi connectivity index (χ0n) is 17.9. The lowest BCUT2D eigenvalue weighted by Crippen LogP contribution is -2.60.